The highest BCUT2D eigenvalue weighted by molar-refractivity contribution is 7.26. The molecule has 3 heteroatoms. The summed E-state index contributed by atoms with van der Waals surface area (Å²) in [6.07, 6.45) is 3.78. The summed E-state index contributed by atoms with van der Waals surface area (Å²) in [6, 6.07) is 12.5. The molecule has 4 rings (SSSR count). The Bertz CT molecular complexity index is 895. The van der Waals surface area contributed by atoms with Crippen molar-refractivity contribution in [2.75, 3.05) is 0 Å². The molecule has 0 N–H and O–H groups in total. The van der Waals surface area contributed by atoms with Crippen LogP contribution in [0.1, 0.15) is 0 Å². The molecule has 82 valence electrons. The Kier molecular flexibility index (Phi) is 2.00. The van der Waals surface area contributed by atoms with Crippen LogP contribution in [0.15, 0.2) is 48.8 Å². The molecule has 0 aliphatic heterocycles. The molecule has 0 saturated carbocycles. The van der Waals surface area contributed by atoms with Gasteiger partial charge < -0.3 is 0 Å². The fourth-order valence-electron chi connectivity index (χ4n) is 2.44. The molecule has 0 fully saturated rings. The summed E-state index contributed by atoms with van der Waals surface area (Å²) in [5.74, 6) is 0. The molecule has 0 atom stereocenters. The van der Waals surface area contributed by atoms with Gasteiger partial charge in [-0.3, -0.25) is 4.98 Å². The molecule has 0 spiro atoms. The minimum atomic E-state index is 0.810. The first-order valence-corrected chi connectivity index (χ1v) is 6.59. The van der Waals surface area contributed by atoms with Gasteiger partial charge in [0.25, 0.3) is 0 Å². The zero-order valence-electron chi connectivity index (χ0n) is 9.55. The van der Waals surface area contributed by atoms with E-state index in [0.717, 1.165) is 5.46 Å². The van der Waals surface area contributed by atoms with Crippen LogP contribution in [0.25, 0.3) is 30.9 Å². The number of fused-ring (bicyclic) bond motifs is 5. The number of thiophene rings is 1. The lowest BCUT2D eigenvalue weighted by atomic mass is 9.93. The lowest BCUT2D eigenvalue weighted by Gasteiger charge is -2.01. The molecular weight excluding hydrogens is 237 g/mol. The first kappa shape index (κ1) is 10.1. The van der Waals surface area contributed by atoms with E-state index in [9.17, 15) is 0 Å². The van der Waals surface area contributed by atoms with Crippen molar-refractivity contribution in [3.8, 4) is 0 Å². The average molecular weight is 245 g/mol. The van der Waals surface area contributed by atoms with E-state index in [-0.39, 0.29) is 0 Å². The van der Waals surface area contributed by atoms with Crippen molar-refractivity contribution in [2.45, 2.75) is 0 Å². The van der Waals surface area contributed by atoms with Crippen molar-refractivity contribution < 1.29 is 0 Å². The molecule has 0 aliphatic rings. The van der Waals surface area contributed by atoms with E-state index in [1.54, 1.807) is 11.3 Å². The van der Waals surface area contributed by atoms with Gasteiger partial charge in [-0.15, -0.1) is 11.3 Å². The zero-order chi connectivity index (χ0) is 12.1. The third-order valence-electron chi connectivity index (χ3n) is 3.28. The molecule has 18 heavy (non-hydrogen) atoms. The van der Waals surface area contributed by atoms with E-state index in [0.29, 0.717) is 0 Å². The SMILES string of the molecule is [B]c1ccc2c(ccc3c4ccncc4sc23)c1. The topological polar surface area (TPSA) is 12.9 Å². The Morgan fingerprint density at radius 3 is 2.78 bits per heavy atom. The van der Waals surface area contributed by atoms with Gasteiger partial charge >= 0.3 is 0 Å². The maximum Gasteiger partial charge on any atom is 0.113 e. The van der Waals surface area contributed by atoms with Crippen molar-refractivity contribution in [1.29, 1.82) is 0 Å². The second-order valence-electron chi connectivity index (χ2n) is 4.40. The lowest BCUT2D eigenvalue weighted by Crippen LogP contribution is -1.99. The molecule has 2 heterocycles. The van der Waals surface area contributed by atoms with Gasteiger partial charge in [-0.2, -0.15) is 0 Å². The smallest absolute Gasteiger partial charge is 0.113 e. The van der Waals surface area contributed by atoms with Crippen molar-refractivity contribution in [2.24, 2.45) is 0 Å². The van der Waals surface area contributed by atoms with Crippen LogP contribution < -0.4 is 5.46 Å². The molecule has 2 aromatic heterocycles. The Morgan fingerprint density at radius 1 is 0.944 bits per heavy atom. The maximum atomic E-state index is 5.84. The largest absolute Gasteiger partial charge is 0.263 e. The molecule has 2 aromatic carbocycles. The predicted octanol–water partition coefficient (Wildman–Crippen LogP) is 3.40. The van der Waals surface area contributed by atoms with E-state index in [2.05, 4.69) is 29.2 Å². The van der Waals surface area contributed by atoms with E-state index >= 15 is 0 Å². The van der Waals surface area contributed by atoms with Gasteiger partial charge in [-0.1, -0.05) is 35.8 Å². The molecule has 1 nitrogen and oxygen atoms in total. The van der Waals surface area contributed by atoms with E-state index < -0.39 is 0 Å². The fraction of sp³-hybridized carbons (Fsp3) is 0. The fourth-order valence-corrected chi connectivity index (χ4v) is 3.64. The van der Waals surface area contributed by atoms with Crippen LogP contribution >= 0.6 is 11.3 Å². The van der Waals surface area contributed by atoms with Gasteiger partial charge in [-0.05, 0) is 16.8 Å². The number of hydrogen-bond donors (Lipinski definition) is 0. The Morgan fingerprint density at radius 2 is 1.83 bits per heavy atom. The van der Waals surface area contributed by atoms with Crippen LogP contribution in [0.2, 0.25) is 0 Å². The molecule has 0 aliphatic carbocycles. The highest BCUT2D eigenvalue weighted by Crippen LogP contribution is 2.37. The van der Waals surface area contributed by atoms with Gasteiger partial charge in [0.15, 0.2) is 0 Å². The van der Waals surface area contributed by atoms with Crippen LogP contribution in [0.5, 0.6) is 0 Å². The summed E-state index contributed by atoms with van der Waals surface area (Å²) >= 11 is 1.79. The maximum absolute atomic E-state index is 5.84. The quantitative estimate of drug-likeness (QED) is 0.433. The summed E-state index contributed by atoms with van der Waals surface area (Å²) in [4.78, 5) is 4.19. The van der Waals surface area contributed by atoms with Crippen LogP contribution in [-0.4, -0.2) is 12.8 Å². The normalized spacial score (nSPS) is 11.6. The van der Waals surface area contributed by atoms with Gasteiger partial charge in [0.2, 0.25) is 0 Å². The molecule has 2 radical (unpaired) electrons. The number of pyridine rings is 1. The first-order valence-electron chi connectivity index (χ1n) is 5.77. The van der Waals surface area contributed by atoms with E-state index in [1.807, 2.05) is 24.5 Å². The molecular formula is C15H8BNS. The summed E-state index contributed by atoms with van der Waals surface area (Å²) in [7, 11) is 5.84. The summed E-state index contributed by atoms with van der Waals surface area (Å²) in [5.41, 5.74) is 0.810. The van der Waals surface area contributed by atoms with Crippen molar-refractivity contribution in [3.63, 3.8) is 0 Å². The Balaban J connectivity index is 2.28. The minimum absolute atomic E-state index is 0.810. The second kappa shape index (κ2) is 3.56. The van der Waals surface area contributed by atoms with Crippen LogP contribution in [0.4, 0.5) is 0 Å². The van der Waals surface area contributed by atoms with Gasteiger partial charge in [0.05, 0.1) is 4.70 Å². The Hall–Kier alpha value is -1.87. The minimum Gasteiger partial charge on any atom is -0.263 e. The predicted molar refractivity (Wildman–Crippen MR) is 80.0 cm³/mol. The van der Waals surface area contributed by atoms with Gasteiger partial charge in [0, 0.05) is 27.9 Å². The summed E-state index contributed by atoms with van der Waals surface area (Å²) in [5, 5.41) is 5.04. The lowest BCUT2D eigenvalue weighted by molar-refractivity contribution is 1.37. The third kappa shape index (κ3) is 1.31. The molecule has 4 aromatic rings. The molecule has 0 amide bonds. The average Bonchev–Trinajstić information content (AvgIpc) is 2.77. The number of hydrogen-bond acceptors (Lipinski definition) is 2. The highest BCUT2D eigenvalue weighted by Gasteiger charge is 2.07. The number of aromatic nitrogens is 1. The van der Waals surface area contributed by atoms with Crippen LogP contribution in [0, 0.1) is 0 Å². The van der Waals surface area contributed by atoms with Crippen molar-refractivity contribution in [3.05, 3.63) is 48.8 Å². The summed E-state index contributed by atoms with van der Waals surface area (Å²) < 4.78 is 2.55. The summed E-state index contributed by atoms with van der Waals surface area (Å²) in [6.45, 7) is 0. The number of nitrogens with zero attached hydrogens (tertiary/aromatic N) is 1. The van der Waals surface area contributed by atoms with Gasteiger partial charge in [-0.25, -0.2) is 0 Å². The first-order chi connectivity index (χ1) is 8.83. The van der Waals surface area contributed by atoms with Crippen LogP contribution in [-0.2, 0) is 0 Å². The van der Waals surface area contributed by atoms with E-state index in [1.165, 1.54) is 30.9 Å². The molecule has 0 unspecified atom stereocenters. The van der Waals surface area contributed by atoms with Crippen molar-refractivity contribution in [1.82, 2.24) is 4.98 Å². The van der Waals surface area contributed by atoms with Gasteiger partial charge in [0.1, 0.15) is 7.85 Å². The Labute approximate surface area is 109 Å². The molecule has 0 bridgehead atoms. The molecule has 0 saturated heterocycles. The van der Waals surface area contributed by atoms with Crippen molar-refractivity contribution >= 4 is 55.6 Å². The zero-order valence-corrected chi connectivity index (χ0v) is 10.4. The monoisotopic (exact) mass is 245 g/mol. The van der Waals surface area contributed by atoms with E-state index in [4.69, 9.17) is 7.85 Å². The number of rotatable bonds is 0. The third-order valence-corrected chi connectivity index (χ3v) is 4.47. The standard InChI is InChI=1S/C15H8BNS/c16-10-2-4-11-9(7-10)1-3-13-12-5-6-17-8-14(12)18-15(11)13/h1-8H. The number of benzene rings is 2. The highest BCUT2D eigenvalue weighted by atomic mass is 32.1. The van der Waals surface area contributed by atoms with Crippen LogP contribution in [0.3, 0.4) is 0 Å². The second-order valence-corrected chi connectivity index (χ2v) is 5.45.